The molecule has 1 aromatic carbocycles. The van der Waals surface area contributed by atoms with Crippen molar-refractivity contribution in [1.82, 2.24) is 15.5 Å². The van der Waals surface area contributed by atoms with E-state index in [2.05, 4.69) is 25.7 Å². The number of aromatic hydroxyl groups is 1. The van der Waals surface area contributed by atoms with Gasteiger partial charge in [0.1, 0.15) is 5.75 Å². The Labute approximate surface area is 122 Å². The first-order chi connectivity index (χ1) is 10.3. The van der Waals surface area contributed by atoms with Crippen LogP contribution in [0, 0.1) is 0 Å². The lowest BCUT2D eigenvalue weighted by Gasteiger charge is -2.42. The molecule has 2 aliphatic heterocycles. The van der Waals surface area contributed by atoms with Crippen LogP contribution in [0.25, 0.3) is 11.3 Å². The largest absolute Gasteiger partial charge is 0.507 e. The van der Waals surface area contributed by atoms with E-state index < -0.39 is 0 Å². The van der Waals surface area contributed by atoms with Crippen LogP contribution < -0.4 is 15.5 Å². The monoisotopic (exact) mass is 283 g/mol. The van der Waals surface area contributed by atoms with Crippen LogP contribution >= 0.6 is 0 Å². The maximum absolute atomic E-state index is 9.99. The minimum absolute atomic E-state index is 0.229. The zero-order chi connectivity index (χ0) is 14.2. The first-order valence-corrected chi connectivity index (χ1v) is 7.20. The molecule has 6 heteroatoms. The number of nitrogens with one attached hydrogen (secondary N) is 2. The van der Waals surface area contributed by atoms with E-state index in [-0.39, 0.29) is 5.75 Å². The second-order valence-electron chi connectivity index (χ2n) is 5.41. The molecule has 21 heavy (non-hydrogen) atoms. The number of aromatic nitrogens is 2. The first kappa shape index (κ1) is 12.4. The molecule has 1 unspecified atom stereocenters. The summed E-state index contributed by atoms with van der Waals surface area (Å²) in [4.78, 5) is 2.38. The van der Waals surface area contributed by atoms with Crippen LogP contribution in [0.1, 0.15) is 0 Å². The Kier molecular flexibility index (Phi) is 2.89. The van der Waals surface area contributed by atoms with Gasteiger partial charge in [-0.15, -0.1) is 10.2 Å². The summed E-state index contributed by atoms with van der Waals surface area (Å²) in [6.07, 6.45) is 0. The lowest BCUT2D eigenvalue weighted by atomic mass is 10.1. The molecule has 0 spiro atoms. The fourth-order valence-corrected chi connectivity index (χ4v) is 3.02. The van der Waals surface area contributed by atoms with Gasteiger partial charge in [-0.05, 0) is 18.2 Å². The summed E-state index contributed by atoms with van der Waals surface area (Å²) in [5.74, 6) is 1.06. The highest BCUT2D eigenvalue weighted by atomic mass is 16.3. The molecule has 2 aliphatic rings. The van der Waals surface area contributed by atoms with Gasteiger partial charge in [-0.25, -0.2) is 0 Å². The minimum Gasteiger partial charge on any atom is -0.507 e. The molecular formula is C15H17N5O. The van der Waals surface area contributed by atoms with Gasteiger partial charge in [0.2, 0.25) is 0 Å². The van der Waals surface area contributed by atoms with Gasteiger partial charge in [0.05, 0.1) is 17.4 Å². The van der Waals surface area contributed by atoms with Gasteiger partial charge in [0.15, 0.2) is 5.82 Å². The lowest BCUT2D eigenvalue weighted by molar-refractivity contribution is 0.476. The highest BCUT2D eigenvalue weighted by molar-refractivity contribution is 5.76. The van der Waals surface area contributed by atoms with Gasteiger partial charge in [0.25, 0.3) is 0 Å². The second-order valence-corrected chi connectivity index (χ2v) is 5.41. The van der Waals surface area contributed by atoms with Crippen molar-refractivity contribution in [2.75, 3.05) is 36.4 Å². The van der Waals surface area contributed by atoms with E-state index in [1.807, 2.05) is 18.2 Å². The molecule has 0 radical (unpaired) electrons. The number of nitrogens with zero attached hydrogens (tertiary/aromatic N) is 3. The van der Waals surface area contributed by atoms with E-state index in [9.17, 15) is 5.11 Å². The number of fused-ring (bicyclic) bond motifs is 3. The van der Waals surface area contributed by atoms with Crippen molar-refractivity contribution in [3.63, 3.8) is 0 Å². The summed E-state index contributed by atoms with van der Waals surface area (Å²) in [5, 5.41) is 25.3. The van der Waals surface area contributed by atoms with Gasteiger partial charge in [0, 0.05) is 31.7 Å². The third kappa shape index (κ3) is 2.08. The Morgan fingerprint density at radius 2 is 2.10 bits per heavy atom. The van der Waals surface area contributed by atoms with Crippen molar-refractivity contribution < 1.29 is 5.11 Å². The second kappa shape index (κ2) is 4.89. The topological polar surface area (TPSA) is 73.3 Å². The maximum atomic E-state index is 9.99. The highest BCUT2D eigenvalue weighted by Gasteiger charge is 2.29. The summed E-state index contributed by atoms with van der Waals surface area (Å²) in [6, 6.07) is 9.68. The Balaban J connectivity index is 1.78. The van der Waals surface area contributed by atoms with E-state index >= 15 is 0 Å². The third-order valence-electron chi connectivity index (χ3n) is 4.12. The maximum Gasteiger partial charge on any atom is 0.172 e. The molecule has 4 rings (SSSR count). The average molecular weight is 283 g/mol. The van der Waals surface area contributed by atoms with E-state index in [0.29, 0.717) is 17.3 Å². The van der Waals surface area contributed by atoms with Crippen LogP contribution in [-0.2, 0) is 0 Å². The quantitative estimate of drug-likeness (QED) is 0.726. The van der Waals surface area contributed by atoms with E-state index in [0.717, 1.165) is 37.7 Å². The molecule has 1 saturated heterocycles. The Morgan fingerprint density at radius 1 is 1.19 bits per heavy atom. The van der Waals surface area contributed by atoms with E-state index in [1.165, 1.54) is 0 Å². The molecular weight excluding hydrogens is 266 g/mol. The van der Waals surface area contributed by atoms with Crippen molar-refractivity contribution in [2.45, 2.75) is 6.04 Å². The van der Waals surface area contributed by atoms with Crippen molar-refractivity contribution >= 4 is 11.5 Å². The molecule has 1 aromatic heterocycles. The van der Waals surface area contributed by atoms with Gasteiger partial charge < -0.3 is 20.6 Å². The van der Waals surface area contributed by atoms with Gasteiger partial charge >= 0.3 is 0 Å². The Hall–Kier alpha value is -2.34. The number of phenols is 1. The van der Waals surface area contributed by atoms with Crippen LogP contribution in [0.2, 0.25) is 0 Å². The molecule has 3 N–H and O–H groups in total. The predicted molar refractivity (Wildman–Crippen MR) is 81.6 cm³/mol. The van der Waals surface area contributed by atoms with Gasteiger partial charge in [-0.2, -0.15) is 0 Å². The van der Waals surface area contributed by atoms with Crippen LogP contribution in [0.3, 0.4) is 0 Å². The molecule has 1 atom stereocenters. The van der Waals surface area contributed by atoms with Gasteiger partial charge in [-0.1, -0.05) is 12.1 Å². The number of benzene rings is 1. The van der Waals surface area contributed by atoms with Crippen LogP contribution in [0.5, 0.6) is 5.75 Å². The normalized spacial score (nSPS) is 20.4. The van der Waals surface area contributed by atoms with Gasteiger partial charge in [-0.3, -0.25) is 0 Å². The zero-order valence-electron chi connectivity index (χ0n) is 11.6. The SMILES string of the molecule is Oc1ccccc1-c1cc2c(nn1)NCC1CNCCN21. The molecule has 2 aromatic rings. The van der Waals surface area contributed by atoms with E-state index in [4.69, 9.17) is 0 Å². The molecule has 1 fully saturated rings. The summed E-state index contributed by atoms with van der Waals surface area (Å²) >= 11 is 0. The van der Waals surface area contributed by atoms with Crippen LogP contribution in [0.4, 0.5) is 11.5 Å². The third-order valence-corrected chi connectivity index (χ3v) is 4.12. The Morgan fingerprint density at radius 3 is 3.00 bits per heavy atom. The van der Waals surface area contributed by atoms with Crippen LogP contribution in [-0.4, -0.2) is 47.5 Å². The number of rotatable bonds is 1. The van der Waals surface area contributed by atoms with Crippen molar-refractivity contribution in [1.29, 1.82) is 0 Å². The van der Waals surface area contributed by atoms with Crippen molar-refractivity contribution in [3.8, 4) is 17.0 Å². The number of para-hydroxylation sites is 1. The minimum atomic E-state index is 0.229. The standard InChI is InChI=1S/C15H17N5O/c21-14-4-2-1-3-11(14)12-7-13-15(19-18-12)17-9-10-8-16-5-6-20(10)13/h1-4,7,10,16,21H,5-6,8-9H2,(H,17,19). The molecule has 0 saturated carbocycles. The number of hydrogen-bond acceptors (Lipinski definition) is 6. The number of phenolic OH excluding ortho intramolecular Hbond substituents is 1. The molecule has 0 amide bonds. The summed E-state index contributed by atoms with van der Waals surface area (Å²) in [5.41, 5.74) is 2.49. The molecule has 108 valence electrons. The van der Waals surface area contributed by atoms with Crippen molar-refractivity contribution in [2.24, 2.45) is 0 Å². The summed E-state index contributed by atoms with van der Waals surface area (Å²) < 4.78 is 0. The molecule has 0 bridgehead atoms. The van der Waals surface area contributed by atoms with E-state index in [1.54, 1.807) is 12.1 Å². The summed E-state index contributed by atoms with van der Waals surface area (Å²) in [7, 11) is 0. The number of anilines is 2. The molecule has 3 heterocycles. The summed E-state index contributed by atoms with van der Waals surface area (Å²) in [6.45, 7) is 3.79. The predicted octanol–water partition coefficient (Wildman–Crippen LogP) is 1.05. The highest BCUT2D eigenvalue weighted by Crippen LogP contribution is 2.35. The van der Waals surface area contributed by atoms with Crippen molar-refractivity contribution in [3.05, 3.63) is 30.3 Å². The Bertz CT molecular complexity index is 675. The fraction of sp³-hybridized carbons (Fsp3) is 0.333. The fourth-order valence-electron chi connectivity index (χ4n) is 3.02. The smallest absolute Gasteiger partial charge is 0.172 e. The average Bonchev–Trinajstić information content (AvgIpc) is 2.55. The number of piperazine rings is 1. The zero-order valence-corrected chi connectivity index (χ0v) is 11.6. The molecule has 0 aliphatic carbocycles. The molecule has 6 nitrogen and oxygen atoms in total. The van der Waals surface area contributed by atoms with Crippen LogP contribution in [0.15, 0.2) is 30.3 Å². The first-order valence-electron chi connectivity index (χ1n) is 7.20. The number of hydrogen-bond donors (Lipinski definition) is 3. The lowest BCUT2D eigenvalue weighted by Crippen LogP contribution is -2.56.